The van der Waals surface area contributed by atoms with E-state index < -0.39 is 28.0 Å². The highest BCUT2D eigenvalue weighted by molar-refractivity contribution is 7.90. The number of halogens is 5. The maximum Gasteiger partial charge on any atom is 0.573 e. The maximum absolute atomic E-state index is 12.7. The van der Waals surface area contributed by atoms with E-state index in [0.717, 1.165) is 22.9 Å². The Morgan fingerprint density at radius 2 is 1.85 bits per heavy atom. The largest absolute Gasteiger partial charge is 0.573 e. The predicted molar refractivity (Wildman–Crippen MR) is 110 cm³/mol. The number of methoxy groups -OCH3 is 1. The van der Waals surface area contributed by atoms with Crippen LogP contribution in [0, 0.1) is 6.92 Å². The van der Waals surface area contributed by atoms with Crippen molar-refractivity contribution in [3.63, 3.8) is 0 Å². The molecule has 9 nitrogen and oxygen atoms in total. The number of ether oxygens (including phenoxy) is 2. The zero-order valence-electron chi connectivity index (χ0n) is 16.6. The lowest BCUT2D eigenvalue weighted by Crippen LogP contribution is -2.31. The van der Waals surface area contributed by atoms with E-state index in [9.17, 15) is 26.4 Å². The molecule has 2 aromatic carbocycles. The molecule has 176 valence electrons. The number of alkyl halides is 3. The van der Waals surface area contributed by atoms with Gasteiger partial charge >= 0.3 is 6.36 Å². The summed E-state index contributed by atoms with van der Waals surface area (Å²) in [6.45, 7) is 1.39. The van der Waals surface area contributed by atoms with Gasteiger partial charge in [-0.2, -0.15) is 0 Å². The molecule has 33 heavy (non-hydrogen) atoms. The highest BCUT2D eigenvalue weighted by atomic mass is 35.5. The summed E-state index contributed by atoms with van der Waals surface area (Å²) >= 11 is 11.9. The molecule has 15 heteroatoms. The molecule has 3 aromatic rings. The van der Waals surface area contributed by atoms with Crippen LogP contribution in [0.4, 0.5) is 13.2 Å². The molecule has 1 heterocycles. The number of hydrogen-bond donors (Lipinski definition) is 1. The highest BCUT2D eigenvalue weighted by Crippen LogP contribution is 2.30. The van der Waals surface area contributed by atoms with Crippen molar-refractivity contribution in [2.75, 3.05) is 7.11 Å². The lowest BCUT2D eigenvalue weighted by atomic mass is 10.2. The smallest absolute Gasteiger partial charge is 0.495 e. The van der Waals surface area contributed by atoms with E-state index in [-0.39, 0.29) is 37.8 Å². The zero-order valence-corrected chi connectivity index (χ0v) is 19.0. The molecule has 0 aliphatic heterocycles. The van der Waals surface area contributed by atoms with E-state index in [1.54, 1.807) is 0 Å². The van der Waals surface area contributed by atoms with Gasteiger partial charge in [0.2, 0.25) is 0 Å². The Morgan fingerprint density at radius 3 is 2.45 bits per heavy atom. The van der Waals surface area contributed by atoms with E-state index in [1.807, 2.05) is 4.72 Å². The third kappa shape index (κ3) is 5.49. The third-order valence-electron chi connectivity index (χ3n) is 4.13. The Kier molecular flexibility index (Phi) is 6.77. The number of rotatable bonds is 6. The normalized spacial score (nSPS) is 11.8. The second kappa shape index (κ2) is 9.08. The fraction of sp³-hybridized carbons (Fsp3) is 0.167. The van der Waals surface area contributed by atoms with Crippen molar-refractivity contribution in [1.82, 2.24) is 19.7 Å². The molecular weight excluding hydrogens is 512 g/mol. The molecule has 1 aromatic heterocycles. The number of benzene rings is 2. The average molecular weight is 525 g/mol. The summed E-state index contributed by atoms with van der Waals surface area (Å²) in [6.07, 6.45) is -4.91. The average Bonchev–Trinajstić information content (AvgIpc) is 3.08. The van der Waals surface area contributed by atoms with Gasteiger partial charge in [0.15, 0.2) is 5.69 Å². The molecule has 3 rings (SSSR count). The molecule has 0 bridgehead atoms. The SMILES string of the molecule is COc1ccc(Cl)cc1S(=O)(=O)NC(=O)c1nnn(-c2ccc(OC(F)(F)F)cc2Cl)c1C. The molecule has 0 radical (unpaired) electrons. The highest BCUT2D eigenvalue weighted by Gasteiger charge is 2.31. The number of amides is 1. The number of nitrogens with one attached hydrogen (secondary N) is 1. The van der Waals surface area contributed by atoms with Gasteiger partial charge in [-0.1, -0.05) is 28.4 Å². The Morgan fingerprint density at radius 1 is 1.15 bits per heavy atom. The minimum atomic E-state index is -4.91. The first-order chi connectivity index (χ1) is 15.3. The van der Waals surface area contributed by atoms with Crippen LogP contribution in [-0.2, 0) is 10.0 Å². The van der Waals surface area contributed by atoms with Gasteiger partial charge in [-0.15, -0.1) is 18.3 Å². The summed E-state index contributed by atoms with van der Waals surface area (Å²) in [4.78, 5) is 12.2. The van der Waals surface area contributed by atoms with Gasteiger partial charge in [-0.3, -0.25) is 4.79 Å². The maximum atomic E-state index is 12.7. The van der Waals surface area contributed by atoms with Crippen LogP contribution in [-0.4, -0.2) is 42.8 Å². The number of sulfonamides is 1. The minimum Gasteiger partial charge on any atom is -0.495 e. The van der Waals surface area contributed by atoms with E-state index in [1.165, 1.54) is 32.2 Å². The first kappa shape index (κ1) is 24.6. The van der Waals surface area contributed by atoms with Crippen molar-refractivity contribution in [1.29, 1.82) is 0 Å². The molecule has 1 N–H and O–H groups in total. The summed E-state index contributed by atoms with van der Waals surface area (Å²) in [5.41, 5.74) is -0.229. The van der Waals surface area contributed by atoms with Crippen LogP contribution >= 0.6 is 23.2 Å². The number of hydrogen-bond acceptors (Lipinski definition) is 7. The van der Waals surface area contributed by atoms with Crippen LogP contribution in [0.3, 0.4) is 0 Å². The Labute approximate surface area is 195 Å². The van der Waals surface area contributed by atoms with E-state index in [4.69, 9.17) is 27.9 Å². The first-order valence-electron chi connectivity index (χ1n) is 8.71. The van der Waals surface area contributed by atoms with Crippen LogP contribution in [0.25, 0.3) is 5.69 Å². The van der Waals surface area contributed by atoms with E-state index in [0.29, 0.717) is 0 Å². The molecule has 0 aliphatic rings. The Hall–Kier alpha value is -3.03. The second-order valence-corrected chi connectivity index (χ2v) is 8.82. The van der Waals surface area contributed by atoms with Crippen molar-refractivity contribution in [2.24, 2.45) is 0 Å². The fourth-order valence-corrected chi connectivity index (χ4v) is 4.35. The minimum absolute atomic E-state index is 0.0481. The van der Waals surface area contributed by atoms with Crippen molar-refractivity contribution >= 4 is 39.1 Å². The van der Waals surface area contributed by atoms with Crippen LogP contribution in [0.5, 0.6) is 11.5 Å². The van der Waals surface area contributed by atoms with E-state index >= 15 is 0 Å². The number of aromatic nitrogens is 3. The van der Waals surface area contributed by atoms with Crippen LogP contribution < -0.4 is 14.2 Å². The molecule has 0 saturated carbocycles. The van der Waals surface area contributed by atoms with Crippen molar-refractivity contribution in [3.8, 4) is 17.2 Å². The van der Waals surface area contributed by atoms with Crippen molar-refractivity contribution < 1.29 is 35.9 Å². The summed E-state index contributed by atoms with van der Waals surface area (Å²) in [6, 6.07) is 6.89. The van der Waals surface area contributed by atoms with Crippen LogP contribution in [0.15, 0.2) is 41.3 Å². The van der Waals surface area contributed by atoms with Crippen molar-refractivity contribution in [2.45, 2.75) is 18.2 Å². The quantitative estimate of drug-likeness (QED) is 0.520. The van der Waals surface area contributed by atoms with Gasteiger partial charge in [0.25, 0.3) is 15.9 Å². The summed E-state index contributed by atoms with van der Waals surface area (Å²) in [7, 11) is -3.17. The first-order valence-corrected chi connectivity index (χ1v) is 10.9. The molecule has 0 aliphatic carbocycles. The van der Waals surface area contributed by atoms with E-state index in [2.05, 4.69) is 15.0 Å². The van der Waals surface area contributed by atoms with Gasteiger partial charge in [0, 0.05) is 11.1 Å². The summed E-state index contributed by atoms with van der Waals surface area (Å²) < 4.78 is 74.2. The molecule has 0 atom stereocenters. The number of nitrogens with zero attached hydrogens (tertiary/aromatic N) is 3. The third-order valence-corrected chi connectivity index (χ3v) is 6.02. The lowest BCUT2D eigenvalue weighted by molar-refractivity contribution is -0.274. The molecule has 0 saturated heterocycles. The molecule has 1 amide bonds. The molecule has 0 spiro atoms. The number of carbonyl (C=O) groups is 1. The monoisotopic (exact) mass is 524 g/mol. The molecule has 0 unspecified atom stereocenters. The Balaban J connectivity index is 1.90. The Bertz CT molecular complexity index is 1330. The van der Waals surface area contributed by atoms with Crippen LogP contribution in [0.1, 0.15) is 16.2 Å². The lowest BCUT2D eigenvalue weighted by Gasteiger charge is -2.12. The topological polar surface area (TPSA) is 112 Å². The number of carbonyl (C=O) groups excluding carboxylic acids is 1. The standard InChI is InChI=1S/C18H13Cl2F3N4O5S/c1-9-16(17(28)25-33(29,30)15-7-10(19)3-6-14(15)31-2)24-26-27(9)13-5-4-11(8-12(13)20)32-18(21,22)23/h3-8H,1-2H3,(H,25,28). The zero-order chi connectivity index (χ0) is 24.6. The van der Waals surface area contributed by atoms with Gasteiger partial charge < -0.3 is 9.47 Å². The summed E-state index contributed by atoms with van der Waals surface area (Å²) in [5.74, 6) is -1.73. The van der Waals surface area contributed by atoms with Crippen molar-refractivity contribution in [3.05, 3.63) is 57.8 Å². The van der Waals surface area contributed by atoms with Crippen LogP contribution in [0.2, 0.25) is 10.0 Å². The predicted octanol–water partition coefficient (Wildman–Crippen LogP) is 3.91. The fourth-order valence-electron chi connectivity index (χ4n) is 2.71. The molecular formula is C18H13Cl2F3N4O5S. The van der Waals surface area contributed by atoms with Gasteiger partial charge in [0.1, 0.15) is 16.4 Å². The second-order valence-electron chi connectivity index (χ2n) is 6.33. The van der Waals surface area contributed by atoms with Gasteiger partial charge in [-0.05, 0) is 37.3 Å². The van der Waals surface area contributed by atoms with Gasteiger partial charge in [-0.25, -0.2) is 17.8 Å². The summed E-state index contributed by atoms with van der Waals surface area (Å²) in [5, 5.41) is 7.31. The molecule has 0 fully saturated rings. The van der Waals surface area contributed by atoms with Gasteiger partial charge in [0.05, 0.1) is 23.5 Å².